The molecule has 2 aromatic carbocycles. The quantitative estimate of drug-likeness (QED) is 0.773. The molecule has 128 valence electrons. The molecule has 1 aromatic heterocycles. The Kier molecular flexibility index (Phi) is 4.65. The van der Waals surface area contributed by atoms with Crippen LogP contribution in [0.3, 0.4) is 0 Å². The molecule has 0 unspecified atom stereocenters. The van der Waals surface area contributed by atoms with Gasteiger partial charge >= 0.3 is 0 Å². The van der Waals surface area contributed by atoms with Gasteiger partial charge in [0, 0.05) is 29.7 Å². The minimum absolute atomic E-state index is 0.297. The fraction of sp³-hybridized carbons (Fsp3) is 0.111. The Morgan fingerprint density at radius 1 is 1.12 bits per heavy atom. The molecule has 0 radical (unpaired) electrons. The molecule has 3 rings (SSSR count). The molecule has 1 heterocycles. The first-order valence-corrected chi connectivity index (χ1v) is 7.44. The van der Waals surface area contributed by atoms with Crippen LogP contribution in [0.15, 0.2) is 54.9 Å². The lowest BCUT2D eigenvalue weighted by Crippen LogP contribution is -2.12. The molecule has 0 aliphatic rings. The lowest BCUT2D eigenvalue weighted by molar-refractivity contribution is 0.102. The van der Waals surface area contributed by atoms with E-state index in [1.165, 1.54) is 25.0 Å². The maximum absolute atomic E-state index is 14.3. The van der Waals surface area contributed by atoms with Gasteiger partial charge in [-0.1, -0.05) is 0 Å². The summed E-state index contributed by atoms with van der Waals surface area (Å²) >= 11 is 0. The number of halogens is 1. The summed E-state index contributed by atoms with van der Waals surface area (Å²) in [6, 6.07) is 10.9. The van der Waals surface area contributed by atoms with E-state index in [1.807, 2.05) is 0 Å². The first-order valence-electron chi connectivity index (χ1n) is 7.44. The van der Waals surface area contributed by atoms with Gasteiger partial charge in [0.15, 0.2) is 5.82 Å². The Bertz CT molecular complexity index is 872. The van der Waals surface area contributed by atoms with Gasteiger partial charge in [0.25, 0.3) is 5.91 Å². The lowest BCUT2D eigenvalue weighted by atomic mass is 10.1. The van der Waals surface area contributed by atoms with E-state index in [2.05, 4.69) is 10.4 Å². The van der Waals surface area contributed by atoms with Crippen LogP contribution in [0.2, 0.25) is 0 Å². The van der Waals surface area contributed by atoms with Crippen LogP contribution in [0.5, 0.6) is 11.5 Å². The number of nitrogens with one attached hydrogen (secondary N) is 1. The van der Waals surface area contributed by atoms with Gasteiger partial charge in [0.1, 0.15) is 17.2 Å². The third kappa shape index (κ3) is 3.60. The van der Waals surface area contributed by atoms with Crippen LogP contribution in [0.4, 0.5) is 10.1 Å². The first-order chi connectivity index (χ1) is 12.1. The second-order valence-corrected chi connectivity index (χ2v) is 5.17. The summed E-state index contributed by atoms with van der Waals surface area (Å²) in [6.07, 6.45) is 3.20. The normalized spacial score (nSPS) is 10.4. The molecule has 0 fully saturated rings. The highest BCUT2D eigenvalue weighted by Crippen LogP contribution is 2.24. The van der Waals surface area contributed by atoms with E-state index in [0.29, 0.717) is 28.4 Å². The van der Waals surface area contributed by atoms with Crippen LogP contribution in [0.25, 0.3) is 5.69 Å². The number of rotatable bonds is 5. The summed E-state index contributed by atoms with van der Waals surface area (Å²) in [5.74, 6) is 0.0857. The number of hydrogen-bond donors (Lipinski definition) is 1. The highest BCUT2D eigenvalue weighted by molar-refractivity contribution is 6.04. The Hall–Kier alpha value is -3.35. The third-order valence-electron chi connectivity index (χ3n) is 3.57. The smallest absolute Gasteiger partial charge is 0.255 e. The van der Waals surface area contributed by atoms with Gasteiger partial charge in [-0.05, 0) is 36.4 Å². The Morgan fingerprint density at radius 2 is 1.84 bits per heavy atom. The number of methoxy groups -OCH3 is 2. The summed E-state index contributed by atoms with van der Waals surface area (Å²) in [5, 5.41) is 6.64. The average molecular weight is 341 g/mol. The van der Waals surface area contributed by atoms with Crippen molar-refractivity contribution in [2.24, 2.45) is 0 Å². The van der Waals surface area contributed by atoms with Crippen LogP contribution in [0.1, 0.15) is 10.4 Å². The zero-order valence-corrected chi connectivity index (χ0v) is 13.7. The molecule has 25 heavy (non-hydrogen) atoms. The number of amides is 1. The van der Waals surface area contributed by atoms with Crippen molar-refractivity contribution in [3.63, 3.8) is 0 Å². The van der Waals surface area contributed by atoms with Crippen molar-refractivity contribution in [2.45, 2.75) is 0 Å². The SMILES string of the molecule is COc1cc(OC)cc(C(=O)Nc2ccc(-n3cccn3)c(F)c2)c1. The van der Waals surface area contributed by atoms with Gasteiger partial charge in [0.2, 0.25) is 0 Å². The van der Waals surface area contributed by atoms with E-state index in [-0.39, 0.29) is 0 Å². The van der Waals surface area contributed by atoms with Gasteiger partial charge < -0.3 is 14.8 Å². The number of benzene rings is 2. The van der Waals surface area contributed by atoms with Gasteiger partial charge in [0.05, 0.1) is 14.2 Å². The number of hydrogen-bond acceptors (Lipinski definition) is 4. The minimum atomic E-state index is -0.496. The maximum Gasteiger partial charge on any atom is 0.255 e. The molecule has 3 aromatic rings. The molecule has 1 amide bonds. The zero-order valence-electron chi connectivity index (χ0n) is 13.7. The molecule has 0 bridgehead atoms. The molecule has 1 N–H and O–H groups in total. The van der Waals surface area contributed by atoms with Crippen molar-refractivity contribution in [2.75, 3.05) is 19.5 Å². The van der Waals surface area contributed by atoms with Crippen molar-refractivity contribution < 1.29 is 18.7 Å². The van der Waals surface area contributed by atoms with Crippen molar-refractivity contribution in [1.82, 2.24) is 9.78 Å². The summed E-state index contributed by atoms with van der Waals surface area (Å²) in [7, 11) is 3.00. The van der Waals surface area contributed by atoms with Gasteiger partial charge in [-0.2, -0.15) is 5.10 Å². The molecule has 0 aliphatic carbocycles. The van der Waals surface area contributed by atoms with Crippen LogP contribution < -0.4 is 14.8 Å². The number of carbonyl (C=O) groups is 1. The van der Waals surface area contributed by atoms with E-state index in [0.717, 1.165) is 0 Å². The van der Waals surface area contributed by atoms with E-state index in [1.54, 1.807) is 48.8 Å². The van der Waals surface area contributed by atoms with E-state index in [9.17, 15) is 9.18 Å². The summed E-state index contributed by atoms with van der Waals surface area (Å²) in [5.41, 5.74) is 0.971. The molecule has 0 atom stereocenters. The van der Waals surface area contributed by atoms with Gasteiger partial charge in [-0.15, -0.1) is 0 Å². The third-order valence-corrected chi connectivity index (χ3v) is 3.57. The monoisotopic (exact) mass is 341 g/mol. The van der Waals surface area contributed by atoms with Crippen molar-refractivity contribution >= 4 is 11.6 Å². The zero-order chi connectivity index (χ0) is 17.8. The van der Waals surface area contributed by atoms with Gasteiger partial charge in [-0.25, -0.2) is 9.07 Å². The van der Waals surface area contributed by atoms with E-state index >= 15 is 0 Å². The van der Waals surface area contributed by atoms with Gasteiger partial charge in [-0.3, -0.25) is 4.79 Å². The molecule has 0 spiro atoms. The maximum atomic E-state index is 14.3. The van der Waals surface area contributed by atoms with Crippen molar-refractivity contribution in [3.8, 4) is 17.2 Å². The molecule has 0 aliphatic heterocycles. The Morgan fingerprint density at radius 3 is 2.40 bits per heavy atom. The molecule has 7 heteroatoms. The average Bonchev–Trinajstić information content (AvgIpc) is 3.15. The molecule has 0 saturated carbocycles. The minimum Gasteiger partial charge on any atom is -0.497 e. The Labute approximate surface area is 143 Å². The number of ether oxygens (including phenoxy) is 2. The van der Waals surface area contributed by atoms with Crippen LogP contribution in [0, 0.1) is 5.82 Å². The number of carbonyl (C=O) groups excluding carboxylic acids is 1. The Balaban J connectivity index is 1.83. The molecule has 6 nitrogen and oxygen atoms in total. The number of aromatic nitrogens is 2. The topological polar surface area (TPSA) is 65.4 Å². The van der Waals surface area contributed by atoms with Crippen LogP contribution in [-0.2, 0) is 0 Å². The number of anilines is 1. The highest BCUT2D eigenvalue weighted by atomic mass is 19.1. The summed E-state index contributed by atoms with van der Waals surface area (Å²) in [6.45, 7) is 0. The lowest BCUT2D eigenvalue weighted by Gasteiger charge is -2.10. The predicted molar refractivity (Wildman–Crippen MR) is 91.0 cm³/mol. The van der Waals surface area contributed by atoms with E-state index < -0.39 is 11.7 Å². The second-order valence-electron chi connectivity index (χ2n) is 5.17. The molecule has 0 saturated heterocycles. The largest absolute Gasteiger partial charge is 0.497 e. The fourth-order valence-electron chi connectivity index (χ4n) is 2.32. The van der Waals surface area contributed by atoms with Crippen molar-refractivity contribution in [3.05, 3.63) is 66.2 Å². The fourth-order valence-corrected chi connectivity index (χ4v) is 2.32. The highest BCUT2D eigenvalue weighted by Gasteiger charge is 2.12. The predicted octanol–water partition coefficient (Wildman–Crippen LogP) is 3.28. The molecular weight excluding hydrogens is 325 g/mol. The molecular formula is C18H16FN3O3. The van der Waals surface area contributed by atoms with Crippen LogP contribution >= 0.6 is 0 Å². The number of nitrogens with zero attached hydrogens (tertiary/aromatic N) is 2. The van der Waals surface area contributed by atoms with Crippen LogP contribution in [-0.4, -0.2) is 29.9 Å². The van der Waals surface area contributed by atoms with E-state index in [4.69, 9.17) is 9.47 Å². The summed E-state index contributed by atoms with van der Waals surface area (Å²) < 4.78 is 26.0. The standard InChI is InChI=1S/C18H16FN3O3/c1-24-14-8-12(9-15(11-14)25-2)18(23)21-13-4-5-17(16(19)10-13)22-7-3-6-20-22/h3-11H,1-2H3,(H,21,23). The summed E-state index contributed by atoms with van der Waals surface area (Å²) in [4.78, 5) is 12.4. The van der Waals surface area contributed by atoms with Crippen molar-refractivity contribution in [1.29, 1.82) is 0 Å². The second kappa shape index (κ2) is 7.04. The first kappa shape index (κ1) is 16.5.